The molecule has 0 aromatic heterocycles. The molecular weight excluding hydrogens is 542 g/mol. The lowest BCUT2D eigenvalue weighted by Crippen LogP contribution is -2.60. The molecule has 1 aliphatic rings. The van der Waals surface area contributed by atoms with Crippen LogP contribution in [-0.2, 0) is 14.3 Å². The van der Waals surface area contributed by atoms with Gasteiger partial charge in [0.05, 0.1) is 25.4 Å². The number of nitrogens with one attached hydrogen (secondary N) is 1. The van der Waals surface area contributed by atoms with Crippen LogP contribution in [0.3, 0.4) is 0 Å². The van der Waals surface area contributed by atoms with Gasteiger partial charge < -0.3 is 45.4 Å². The average molecular weight is 606 g/mol. The third kappa shape index (κ3) is 16.3. The molecule has 1 rings (SSSR count). The summed E-state index contributed by atoms with van der Waals surface area (Å²) in [5.41, 5.74) is 0. The SMILES string of the molecule is CCCCCCCCCCCCCCCCCCCC(=O)N[C@@H](CO[C@H]1OC(CO)[C@H](O)C(O)C1O)[C@H](O)[C@H](O)CC. The van der Waals surface area contributed by atoms with Gasteiger partial charge >= 0.3 is 0 Å². The van der Waals surface area contributed by atoms with Crippen molar-refractivity contribution in [2.24, 2.45) is 0 Å². The van der Waals surface area contributed by atoms with Gasteiger partial charge in [-0.3, -0.25) is 4.79 Å². The van der Waals surface area contributed by atoms with Crippen molar-refractivity contribution >= 4 is 5.91 Å². The summed E-state index contributed by atoms with van der Waals surface area (Å²) in [6.07, 6.45) is 12.3. The van der Waals surface area contributed by atoms with E-state index >= 15 is 0 Å². The molecular formula is C32H63NO9. The van der Waals surface area contributed by atoms with E-state index in [1.54, 1.807) is 6.92 Å². The van der Waals surface area contributed by atoms with Crippen LogP contribution in [0.2, 0.25) is 0 Å². The number of ether oxygens (including phenoxy) is 2. The van der Waals surface area contributed by atoms with E-state index in [4.69, 9.17) is 9.47 Å². The van der Waals surface area contributed by atoms with Crippen molar-refractivity contribution in [2.75, 3.05) is 13.2 Å². The van der Waals surface area contributed by atoms with Crippen LogP contribution in [0.5, 0.6) is 0 Å². The quantitative estimate of drug-likeness (QED) is 0.0730. The molecule has 7 N–H and O–H groups in total. The summed E-state index contributed by atoms with van der Waals surface area (Å²) in [7, 11) is 0. The zero-order valence-electron chi connectivity index (χ0n) is 26.4. The van der Waals surface area contributed by atoms with Crippen LogP contribution in [0, 0.1) is 0 Å². The van der Waals surface area contributed by atoms with Crippen molar-refractivity contribution in [3.8, 4) is 0 Å². The monoisotopic (exact) mass is 605 g/mol. The molecule has 10 heteroatoms. The van der Waals surface area contributed by atoms with Gasteiger partial charge in [-0.1, -0.05) is 117 Å². The molecule has 0 aromatic carbocycles. The third-order valence-corrected chi connectivity index (χ3v) is 8.37. The van der Waals surface area contributed by atoms with Crippen LogP contribution in [-0.4, -0.2) is 98.7 Å². The Morgan fingerprint density at radius 2 is 1.21 bits per heavy atom. The fourth-order valence-corrected chi connectivity index (χ4v) is 5.43. The number of aliphatic hydroxyl groups is 6. The lowest BCUT2D eigenvalue weighted by atomic mass is 9.99. The van der Waals surface area contributed by atoms with E-state index in [0.717, 1.165) is 25.7 Å². The molecule has 10 nitrogen and oxygen atoms in total. The summed E-state index contributed by atoms with van der Waals surface area (Å²) in [6.45, 7) is 3.05. The first-order valence-electron chi connectivity index (χ1n) is 16.8. The Morgan fingerprint density at radius 3 is 1.67 bits per heavy atom. The molecule has 3 unspecified atom stereocenters. The first kappa shape index (κ1) is 39.2. The van der Waals surface area contributed by atoms with E-state index in [9.17, 15) is 35.4 Å². The zero-order valence-corrected chi connectivity index (χ0v) is 26.4. The van der Waals surface area contributed by atoms with Crippen molar-refractivity contribution in [3.05, 3.63) is 0 Å². The first-order chi connectivity index (χ1) is 20.3. The second kappa shape index (κ2) is 24.5. The molecule has 8 atom stereocenters. The van der Waals surface area contributed by atoms with Gasteiger partial charge in [-0.25, -0.2) is 0 Å². The van der Waals surface area contributed by atoms with Gasteiger partial charge in [0.15, 0.2) is 6.29 Å². The van der Waals surface area contributed by atoms with Crippen LogP contribution in [0.25, 0.3) is 0 Å². The number of rotatable bonds is 26. The molecule has 0 bridgehead atoms. The van der Waals surface area contributed by atoms with Crippen molar-refractivity contribution < 1.29 is 44.9 Å². The first-order valence-corrected chi connectivity index (χ1v) is 16.8. The second-order valence-corrected chi connectivity index (χ2v) is 12.1. The Kier molecular flexibility index (Phi) is 22.8. The highest BCUT2D eigenvalue weighted by molar-refractivity contribution is 5.76. The second-order valence-electron chi connectivity index (χ2n) is 12.1. The maximum absolute atomic E-state index is 12.6. The molecule has 1 fully saturated rings. The summed E-state index contributed by atoms with van der Waals surface area (Å²) in [6, 6.07) is -0.981. The zero-order chi connectivity index (χ0) is 31.2. The molecule has 0 aromatic rings. The molecule has 0 radical (unpaired) electrons. The van der Waals surface area contributed by atoms with Crippen LogP contribution in [0.15, 0.2) is 0 Å². The topological polar surface area (TPSA) is 169 Å². The number of amides is 1. The fourth-order valence-electron chi connectivity index (χ4n) is 5.43. The third-order valence-electron chi connectivity index (χ3n) is 8.37. The minimum atomic E-state index is -1.60. The summed E-state index contributed by atoms with van der Waals surface area (Å²) in [4.78, 5) is 12.6. The normalized spacial score (nSPS) is 24.8. The molecule has 0 saturated carbocycles. The van der Waals surface area contributed by atoms with Gasteiger partial charge in [-0.2, -0.15) is 0 Å². The minimum Gasteiger partial charge on any atom is -0.394 e. The van der Waals surface area contributed by atoms with Crippen LogP contribution >= 0.6 is 0 Å². The molecule has 250 valence electrons. The van der Waals surface area contributed by atoms with E-state index < -0.39 is 55.6 Å². The minimum absolute atomic E-state index is 0.257. The van der Waals surface area contributed by atoms with E-state index in [2.05, 4.69) is 12.2 Å². The fraction of sp³-hybridized carbons (Fsp3) is 0.969. The van der Waals surface area contributed by atoms with Gasteiger partial charge in [-0.15, -0.1) is 0 Å². The standard InChI is InChI=1S/C32H63NO9/c1-3-5-6-7-8-9-10-11-12-13-14-15-16-17-18-19-20-21-27(36)33-24(28(37)25(35)4-2)23-41-32-31(40)30(39)29(38)26(22-34)42-32/h24-26,28-32,34-35,37-40H,3-23H2,1-2H3,(H,33,36)/t24-,25+,26?,28-,29-,30?,31?,32-/m0/s1. The highest BCUT2D eigenvalue weighted by Gasteiger charge is 2.44. The maximum Gasteiger partial charge on any atom is 0.220 e. The Bertz CT molecular complexity index is 653. The number of carbonyl (C=O) groups is 1. The maximum atomic E-state index is 12.6. The number of aliphatic hydroxyl groups excluding tert-OH is 6. The van der Waals surface area contributed by atoms with E-state index in [1.807, 2.05) is 0 Å². The number of hydrogen-bond donors (Lipinski definition) is 7. The lowest BCUT2D eigenvalue weighted by molar-refractivity contribution is -0.303. The van der Waals surface area contributed by atoms with Gasteiger partial charge in [0, 0.05) is 6.42 Å². The van der Waals surface area contributed by atoms with Crippen molar-refractivity contribution in [2.45, 2.75) is 185 Å². The van der Waals surface area contributed by atoms with Gasteiger partial charge in [0.1, 0.15) is 30.5 Å². The summed E-state index contributed by atoms with van der Waals surface area (Å²) in [5.74, 6) is -0.277. The lowest BCUT2D eigenvalue weighted by Gasteiger charge is -2.40. The predicted molar refractivity (Wildman–Crippen MR) is 163 cm³/mol. The highest BCUT2D eigenvalue weighted by atomic mass is 16.7. The summed E-state index contributed by atoms with van der Waals surface area (Å²) >= 11 is 0. The van der Waals surface area contributed by atoms with E-state index in [-0.39, 0.29) is 25.4 Å². The number of hydrogen-bond acceptors (Lipinski definition) is 9. The van der Waals surface area contributed by atoms with E-state index in [1.165, 1.54) is 83.5 Å². The van der Waals surface area contributed by atoms with Gasteiger partial charge in [-0.05, 0) is 12.8 Å². The van der Waals surface area contributed by atoms with Crippen LogP contribution < -0.4 is 5.32 Å². The molecule has 1 amide bonds. The van der Waals surface area contributed by atoms with Crippen LogP contribution in [0.1, 0.15) is 136 Å². The smallest absolute Gasteiger partial charge is 0.220 e. The molecule has 42 heavy (non-hydrogen) atoms. The summed E-state index contributed by atoms with van der Waals surface area (Å²) in [5, 5.41) is 62.8. The van der Waals surface area contributed by atoms with Crippen LogP contribution in [0.4, 0.5) is 0 Å². The average Bonchev–Trinajstić information content (AvgIpc) is 2.99. The Hall–Kier alpha value is -0.850. The van der Waals surface area contributed by atoms with Gasteiger partial charge in [0.2, 0.25) is 5.91 Å². The number of unbranched alkanes of at least 4 members (excludes halogenated alkanes) is 16. The van der Waals surface area contributed by atoms with E-state index in [0.29, 0.717) is 0 Å². The molecule has 1 aliphatic heterocycles. The Morgan fingerprint density at radius 1 is 0.738 bits per heavy atom. The Labute approximate surface area is 254 Å². The Balaban J connectivity index is 2.21. The predicted octanol–water partition coefficient (Wildman–Crippen LogP) is 3.46. The van der Waals surface area contributed by atoms with Crippen molar-refractivity contribution in [1.82, 2.24) is 5.32 Å². The molecule has 0 spiro atoms. The molecule has 1 saturated heterocycles. The highest BCUT2D eigenvalue weighted by Crippen LogP contribution is 2.22. The number of carbonyl (C=O) groups excluding carboxylic acids is 1. The van der Waals surface area contributed by atoms with Crippen molar-refractivity contribution in [1.29, 1.82) is 0 Å². The molecule has 1 heterocycles. The van der Waals surface area contributed by atoms with Crippen molar-refractivity contribution in [3.63, 3.8) is 0 Å². The molecule has 0 aliphatic carbocycles. The largest absolute Gasteiger partial charge is 0.394 e. The summed E-state index contributed by atoms with van der Waals surface area (Å²) < 4.78 is 10.9. The van der Waals surface area contributed by atoms with Gasteiger partial charge in [0.25, 0.3) is 0 Å².